The van der Waals surface area contributed by atoms with E-state index in [1.54, 1.807) is 13.8 Å². The molecule has 2 aromatic rings. The fraction of sp³-hybridized carbons (Fsp3) is 0.250. The molecule has 2 heterocycles. The minimum Gasteiger partial charge on any atom is -0.462 e. The molecule has 2 aromatic heterocycles. The predicted octanol–water partition coefficient (Wildman–Crippen LogP) is 2.36. The summed E-state index contributed by atoms with van der Waals surface area (Å²) < 4.78 is 22.7. The monoisotopic (exact) mass is 250 g/mol. The molecule has 0 aliphatic rings. The van der Waals surface area contributed by atoms with Crippen LogP contribution in [0.4, 0.5) is 4.39 Å². The second-order valence-electron chi connectivity index (χ2n) is 3.54. The fourth-order valence-corrected chi connectivity index (χ4v) is 1.51. The van der Waals surface area contributed by atoms with E-state index in [0.29, 0.717) is 11.5 Å². The number of pyridine rings is 1. The van der Waals surface area contributed by atoms with Crippen molar-refractivity contribution in [2.24, 2.45) is 0 Å². The number of hydrogen-bond donors (Lipinski definition) is 0. The minimum atomic E-state index is -0.530. The number of aryl methyl sites for hydroxylation is 1. The summed E-state index contributed by atoms with van der Waals surface area (Å²) in [5.74, 6) is -0.649. The summed E-state index contributed by atoms with van der Waals surface area (Å²) >= 11 is 0. The van der Waals surface area contributed by atoms with Crippen LogP contribution in [0.3, 0.4) is 0 Å². The first-order valence-electron chi connectivity index (χ1n) is 5.38. The van der Waals surface area contributed by atoms with Crippen LogP contribution in [0.25, 0.3) is 11.4 Å². The summed E-state index contributed by atoms with van der Waals surface area (Å²) in [5.41, 5.74) is 0.832. The molecular formula is C12H11FN2O3. The highest BCUT2D eigenvalue weighted by Gasteiger charge is 2.23. The van der Waals surface area contributed by atoms with Crippen LogP contribution in [0.1, 0.15) is 23.0 Å². The maximum Gasteiger partial charge on any atom is 0.344 e. The smallest absolute Gasteiger partial charge is 0.344 e. The maximum absolute atomic E-state index is 12.8. The Labute approximate surface area is 103 Å². The van der Waals surface area contributed by atoms with E-state index in [1.807, 2.05) is 0 Å². The van der Waals surface area contributed by atoms with Gasteiger partial charge in [-0.2, -0.15) is 0 Å². The Hall–Kier alpha value is -2.24. The van der Waals surface area contributed by atoms with Gasteiger partial charge in [0.15, 0.2) is 0 Å². The zero-order chi connectivity index (χ0) is 13.1. The molecule has 0 spiro atoms. The molecule has 0 amide bonds. The Morgan fingerprint density at radius 3 is 2.89 bits per heavy atom. The second kappa shape index (κ2) is 4.95. The molecule has 0 N–H and O–H groups in total. The molecule has 18 heavy (non-hydrogen) atoms. The fourth-order valence-electron chi connectivity index (χ4n) is 1.51. The lowest BCUT2D eigenvalue weighted by molar-refractivity contribution is 0.0525. The summed E-state index contributed by atoms with van der Waals surface area (Å²) in [4.78, 5) is 15.6. The van der Waals surface area contributed by atoms with Crippen molar-refractivity contribution in [1.82, 2.24) is 10.1 Å². The molecule has 0 aliphatic heterocycles. The summed E-state index contributed by atoms with van der Waals surface area (Å²) in [6.45, 7) is 3.56. The van der Waals surface area contributed by atoms with E-state index in [2.05, 4.69) is 10.1 Å². The largest absolute Gasteiger partial charge is 0.462 e. The number of carbonyl (C=O) groups excluding carboxylic acids is 1. The number of hydrogen-bond acceptors (Lipinski definition) is 5. The standard InChI is InChI=1S/C12H11FN2O3/c1-3-17-12(16)10-7(2)18-15-11(10)9-5-4-8(13)6-14-9/h4-6H,3H2,1-2H3. The Kier molecular flexibility index (Phi) is 3.36. The summed E-state index contributed by atoms with van der Waals surface area (Å²) in [6.07, 6.45) is 1.05. The van der Waals surface area contributed by atoms with Gasteiger partial charge in [-0.25, -0.2) is 9.18 Å². The van der Waals surface area contributed by atoms with Crippen LogP contribution in [0.5, 0.6) is 0 Å². The molecule has 0 unspecified atom stereocenters. The molecule has 0 aliphatic carbocycles. The molecule has 0 fully saturated rings. The SMILES string of the molecule is CCOC(=O)c1c(-c2ccc(F)cn2)noc1C. The second-order valence-corrected chi connectivity index (χ2v) is 3.54. The maximum atomic E-state index is 12.8. The Morgan fingerprint density at radius 2 is 2.28 bits per heavy atom. The van der Waals surface area contributed by atoms with Gasteiger partial charge in [-0.05, 0) is 26.0 Å². The van der Waals surface area contributed by atoms with Crippen LogP contribution in [-0.2, 0) is 4.74 Å². The Bertz CT molecular complexity index is 563. The first kappa shape index (κ1) is 12.2. The van der Waals surface area contributed by atoms with E-state index in [4.69, 9.17) is 9.26 Å². The van der Waals surface area contributed by atoms with Gasteiger partial charge < -0.3 is 9.26 Å². The zero-order valence-corrected chi connectivity index (χ0v) is 9.94. The number of carbonyl (C=O) groups is 1. The average Bonchev–Trinajstić information content (AvgIpc) is 2.72. The molecular weight excluding hydrogens is 239 g/mol. The Balaban J connectivity index is 2.45. The lowest BCUT2D eigenvalue weighted by atomic mass is 10.1. The molecule has 2 rings (SSSR count). The van der Waals surface area contributed by atoms with Gasteiger partial charge in [0.25, 0.3) is 0 Å². The molecule has 6 heteroatoms. The lowest BCUT2D eigenvalue weighted by Gasteiger charge is -2.01. The van der Waals surface area contributed by atoms with Gasteiger partial charge in [-0.3, -0.25) is 4.98 Å². The van der Waals surface area contributed by atoms with Gasteiger partial charge >= 0.3 is 5.97 Å². The van der Waals surface area contributed by atoms with Crippen molar-refractivity contribution >= 4 is 5.97 Å². The lowest BCUT2D eigenvalue weighted by Crippen LogP contribution is -2.07. The molecule has 94 valence electrons. The van der Waals surface area contributed by atoms with Crippen LogP contribution in [0, 0.1) is 12.7 Å². The van der Waals surface area contributed by atoms with Crippen molar-refractivity contribution in [1.29, 1.82) is 0 Å². The molecule has 0 atom stereocenters. The highest BCUT2D eigenvalue weighted by molar-refractivity contribution is 5.96. The van der Waals surface area contributed by atoms with Crippen LogP contribution in [-0.4, -0.2) is 22.7 Å². The van der Waals surface area contributed by atoms with Crippen LogP contribution >= 0.6 is 0 Å². The number of ether oxygens (including phenoxy) is 1. The van der Waals surface area contributed by atoms with Gasteiger partial charge in [-0.1, -0.05) is 5.16 Å². The average molecular weight is 250 g/mol. The van der Waals surface area contributed by atoms with Gasteiger partial charge in [0.1, 0.15) is 22.8 Å². The highest BCUT2D eigenvalue weighted by Crippen LogP contribution is 2.24. The first-order chi connectivity index (χ1) is 8.63. The molecule has 0 saturated heterocycles. The van der Waals surface area contributed by atoms with E-state index < -0.39 is 11.8 Å². The third-order valence-corrected chi connectivity index (χ3v) is 2.31. The number of halogens is 1. The van der Waals surface area contributed by atoms with Crippen molar-refractivity contribution in [3.8, 4) is 11.4 Å². The van der Waals surface area contributed by atoms with Crippen molar-refractivity contribution in [3.05, 3.63) is 35.5 Å². The third-order valence-electron chi connectivity index (χ3n) is 2.31. The van der Waals surface area contributed by atoms with Crippen LogP contribution in [0.2, 0.25) is 0 Å². The van der Waals surface area contributed by atoms with Crippen molar-refractivity contribution < 1.29 is 18.4 Å². The van der Waals surface area contributed by atoms with E-state index in [0.717, 1.165) is 6.20 Å². The number of aromatic nitrogens is 2. The third kappa shape index (κ3) is 2.22. The van der Waals surface area contributed by atoms with E-state index in [-0.39, 0.29) is 17.9 Å². The summed E-state index contributed by atoms with van der Waals surface area (Å²) in [7, 11) is 0. The number of esters is 1. The van der Waals surface area contributed by atoms with E-state index in [1.165, 1.54) is 12.1 Å². The molecule has 0 radical (unpaired) electrons. The molecule has 0 saturated carbocycles. The molecule has 5 nitrogen and oxygen atoms in total. The first-order valence-corrected chi connectivity index (χ1v) is 5.38. The predicted molar refractivity (Wildman–Crippen MR) is 60.4 cm³/mol. The minimum absolute atomic E-state index is 0.218. The number of rotatable bonds is 3. The van der Waals surface area contributed by atoms with Crippen molar-refractivity contribution in [3.63, 3.8) is 0 Å². The van der Waals surface area contributed by atoms with E-state index >= 15 is 0 Å². The van der Waals surface area contributed by atoms with Crippen molar-refractivity contribution in [2.75, 3.05) is 6.61 Å². The molecule has 0 bridgehead atoms. The van der Waals surface area contributed by atoms with E-state index in [9.17, 15) is 9.18 Å². The molecule has 0 aromatic carbocycles. The van der Waals surface area contributed by atoms with Gasteiger partial charge in [0.05, 0.1) is 18.5 Å². The van der Waals surface area contributed by atoms with Gasteiger partial charge in [0.2, 0.25) is 0 Å². The topological polar surface area (TPSA) is 65.2 Å². The quantitative estimate of drug-likeness (QED) is 0.782. The van der Waals surface area contributed by atoms with Crippen LogP contribution < -0.4 is 0 Å². The number of nitrogens with zero attached hydrogens (tertiary/aromatic N) is 2. The summed E-state index contributed by atoms with van der Waals surface area (Å²) in [6, 6.07) is 2.66. The Morgan fingerprint density at radius 1 is 1.50 bits per heavy atom. The highest BCUT2D eigenvalue weighted by atomic mass is 19.1. The van der Waals surface area contributed by atoms with Gasteiger partial charge in [0, 0.05) is 0 Å². The van der Waals surface area contributed by atoms with Crippen LogP contribution in [0.15, 0.2) is 22.9 Å². The van der Waals surface area contributed by atoms with Crippen molar-refractivity contribution in [2.45, 2.75) is 13.8 Å². The van der Waals surface area contributed by atoms with Gasteiger partial charge in [-0.15, -0.1) is 0 Å². The normalized spacial score (nSPS) is 10.4. The summed E-state index contributed by atoms with van der Waals surface area (Å²) in [5, 5.41) is 3.76. The zero-order valence-electron chi connectivity index (χ0n) is 9.94.